The predicted molar refractivity (Wildman–Crippen MR) is 105 cm³/mol. The first-order valence-corrected chi connectivity index (χ1v) is 8.75. The van der Waals surface area contributed by atoms with Gasteiger partial charge in [-0.25, -0.2) is 9.37 Å². The van der Waals surface area contributed by atoms with Gasteiger partial charge in [0.1, 0.15) is 0 Å². The normalized spacial score (nSPS) is 20.5. The van der Waals surface area contributed by atoms with Gasteiger partial charge in [-0.2, -0.15) is 5.43 Å². The number of aliphatic imine (C=N–C) groups is 1. The summed E-state index contributed by atoms with van der Waals surface area (Å²) in [5, 5.41) is 4.33. The first-order chi connectivity index (χ1) is 12.9. The van der Waals surface area contributed by atoms with Crippen LogP contribution in [0, 0.1) is 0 Å². The molecule has 0 aromatic heterocycles. The smallest absolute Gasteiger partial charge is 0.270 e. The van der Waals surface area contributed by atoms with Crippen LogP contribution in [0.4, 0.5) is 4.79 Å². The van der Waals surface area contributed by atoms with E-state index in [-0.39, 0.29) is 5.91 Å². The van der Waals surface area contributed by atoms with E-state index in [4.69, 9.17) is 0 Å². The standard InChI is InChI=1S/C19H22N6O2/c1-5-25-15-16(23(3)19(27)24(4)17(15)26)20-18(25)22-21-13(2)11-12-14-9-7-6-8-10-14/h6-12,15H,5H2,1-4H3/p+1/b12-11+,21-13+. The molecule has 0 radical (unpaired) electrons. The fourth-order valence-electron chi connectivity index (χ4n) is 2.98. The number of carbonyl (C=O) groups is 2. The van der Waals surface area contributed by atoms with Gasteiger partial charge in [0, 0.05) is 14.1 Å². The molecule has 1 unspecified atom stereocenters. The predicted octanol–water partition coefficient (Wildman–Crippen LogP) is 1.36. The minimum Gasteiger partial charge on any atom is -0.270 e. The highest BCUT2D eigenvalue weighted by Gasteiger charge is 2.51. The maximum atomic E-state index is 12.5. The zero-order valence-corrected chi connectivity index (χ0v) is 15.9. The van der Waals surface area contributed by atoms with Gasteiger partial charge in [0.05, 0.1) is 12.3 Å². The Kier molecular flexibility index (Phi) is 5.16. The molecule has 2 aliphatic rings. The number of amides is 3. The van der Waals surface area contributed by atoms with E-state index in [1.165, 1.54) is 11.9 Å². The van der Waals surface area contributed by atoms with Crippen LogP contribution in [0.25, 0.3) is 6.08 Å². The Labute approximate surface area is 158 Å². The Morgan fingerprint density at radius 3 is 2.63 bits per heavy atom. The van der Waals surface area contributed by atoms with E-state index in [1.807, 2.05) is 56.3 Å². The molecule has 8 nitrogen and oxygen atoms in total. The number of hydrogen-bond donors (Lipinski definition) is 1. The second-order valence-electron chi connectivity index (χ2n) is 6.33. The number of carbonyl (C=O) groups excluding carboxylic acids is 2. The van der Waals surface area contributed by atoms with E-state index in [2.05, 4.69) is 15.5 Å². The quantitative estimate of drug-likeness (QED) is 0.496. The van der Waals surface area contributed by atoms with Crippen molar-refractivity contribution in [1.29, 1.82) is 0 Å². The van der Waals surface area contributed by atoms with Crippen molar-refractivity contribution in [1.82, 2.24) is 15.2 Å². The number of amidine groups is 1. The molecule has 1 fully saturated rings. The summed E-state index contributed by atoms with van der Waals surface area (Å²) < 4.78 is 1.80. The van der Waals surface area contributed by atoms with Crippen molar-refractivity contribution in [2.24, 2.45) is 10.1 Å². The fourth-order valence-corrected chi connectivity index (χ4v) is 2.98. The number of hydrogen-bond acceptors (Lipinski definition) is 5. The highest BCUT2D eigenvalue weighted by molar-refractivity contribution is 6.22. The topological polar surface area (TPSA) is 80.4 Å². The van der Waals surface area contributed by atoms with Gasteiger partial charge in [0.25, 0.3) is 5.91 Å². The second kappa shape index (κ2) is 7.53. The van der Waals surface area contributed by atoms with Crippen molar-refractivity contribution in [2.75, 3.05) is 20.6 Å². The number of nitrogens with zero attached hydrogens (tertiary/aromatic N) is 5. The van der Waals surface area contributed by atoms with Gasteiger partial charge in [-0.3, -0.25) is 14.6 Å². The van der Waals surface area contributed by atoms with Crippen molar-refractivity contribution in [2.45, 2.75) is 19.9 Å². The number of urea groups is 1. The third-order valence-electron chi connectivity index (χ3n) is 4.52. The lowest BCUT2D eigenvalue weighted by Crippen LogP contribution is -2.61. The SMILES string of the molecule is CC[N+]1=C(N/N=C(C)/C=C/c2ccccc2)N=C2C1C(=O)N(C)C(=O)N2C. The van der Waals surface area contributed by atoms with Crippen LogP contribution in [-0.2, 0) is 4.79 Å². The third kappa shape index (κ3) is 3.51. The van der Waals surface area contributed by atoms with Gasteiger partial charge in [-0.05, 0) is 25.5 Å². The largest absolute Gasteiger partial charge is 0.413 e. The number of allylic oxidation sites excluding steroid dienone is 1. The summed E-state index contributed by atoms with van der Waals surface area (Å²) in [7, 11) is 3.10. The lowest BCUT2D eigenvalue weighted by Gasteiger charge is -2.31. The van der Waals surface area contributed by atoms with E-state index >= 15 is 0 Å². The average Bonchev–Trinajstić information content (AvgIpc) is 3.07. The number of fused-ring (bicyclic) bond motifs is 1. The van der Waals surface area contributed by atoms with Crippen LogP contribution in [0.3, 0.4) is 0 Å². The van der Waals surface area contributed by atoms with Gasteiger partial charge in [-0.1, -0.05) is 41.4 Å². The second-order valence-corrected chi connectivity index (χ2v) is 6.33. The van der Waals surface area contributed by atoms with Gasteiger partial charge < -0.3 is 0 Å². The molecule has 8 heteroatoms. The highest BCUT2D eigenvalue weighted by atomic mass is 16.2. The molecule has 3 rings (SSSR count). The summed E-state index contributed by atoms with van der Waals surface area (Å²) in [5.74, 6) is 0.577. The fraction of sp³-hybridized carbons (Fsp3) is 0.316. The van der Waals surface area contributed by atoms with Crippen molar-refractivity contribution in [3.63, 3.8) is 0 Å². The first kappa shape index (κ1) is 18.5. The number of guanidine groups is 1. The van der Waals surface area contributed by atoms with Gasteiger partial charge in [0.2, 0.25) is 11.9 Å². The van der Waals surface area contributed by atoms with Gasteiger partial charge >= 0.3 is 12.0 Å². The van der Waals surface area contributed by atoms with Crippen LogP contribution in [-0.4, -0.2) is 70.5 Å². The van der Waals surface area contributed by atoms with Crippen molar-refractivity contribution in [3.8, 4) is 0 Å². The molecule has 1 N–H and O–H groups in total. The van der Waals surface area contributed by atoms with Crippen molar-refractivity contribution >= 4 is 35.5 Å². The first-order valence-electron chi connectivity index (χ1n) is 8.75. The van der Waals surface area contributed by atoms with Crippen LogP contribution in [0.15, 0.2) is 46.5 Å². The van der Waals surface area contributed by atoms with E-state index in [1.54, 1.807) is 11.6 Å². The molecule has 1 atom stereocenters. The number of nitrogens with one attached hydrogen (secondary N) is 1. The molecule has 0 aliphatic carbocycles. The Balaban J connectivity index is 1.81. The highest BCUT2D eigenvalue weighted by Crippen LogP contribution is 2.18. The molecule has 3 amide bonds. The zero-order chi connectivity index (χ0) is 19.6. The summed E-state index contributed by atoms with van der Waals surface area (Å²) in [6, 6.07) is 8.93. The Hall–Kier alpha value is -3.29. The van der Waals surface area contributed by atoms with E-state index in [9.17, 15) is 9.59 Å². The molecule has 2 aliphatic heterocycles. The molecule has 1 aromatic rings. The number of rotatable bonds is 4. The molecule has 27 heavy (non-hydrogen) atoms. The van der Waals surface area contributed by atoms with E-state index < -0.39 is 12.1 Å². The number of imide groups is 1. The van der Waals surface area contributed by atoms with Crippen molar-refractivity contribution in [3.05, 3.63) is 42.0 Å². The molecular formula is C19H23N6O2+. The Bertz CT molecular complexity index is 885. The number of hydrazone groups is 1. The minimum absolute atomic E-state index is 0.292. The molecule has 1 saturated heterocycles. The molecule has 1 aromatic carbocycles. The van der Waals surface area contributed by atoms with Crippen LogP contribution < -0.4 is 5.43 Å². The Morgan fingerprint density at radius 2 is 1.96 bits per heavy atom. The number of benzene rings is 1. The summed E-state index contributed by atoms with van der Waals surface area (Å²) in [6.45, 7) is 4.35. The average molecular weight is 367 g/mol. The zero-order valence-electron chi connectivity index (χ0n) is 15.9. The van der Waals surface area contributed by atoms with Crippen molar-refractivity contribution < 1.29 is 14.2 Å². The molecule has 2 heterocycles. The number of likely N-dealkylation sites (N-methyl/N-ethyl adjacent to an activating group) is 3. The molecule has 0 saturated carbocycles. The van der Waals surface area contributed by atoms with Gasteiger partial charge in [-0.15, -0.1) is 5.10 Å². The van der Waals surface area contributed by atoms with Crippen LogP contribution >= 0.6 is 0 Å². The van der Waals surface area contributed by atoms with E-state index in [0.29, 0.717) is 18.3 Å². The molecule has 140 valence electrons. The van der Waals surface area contributed by atoms with Crippen LogP contribution in [0.5, 0.6) is 0 Å². The lowest BCUT2D eigenvalue weighted by atomic mass is 10.1. The Morgan fingerprint density at radius 1 is 1.26 bits per heavy atom. The molecule has 0 bridgehead atoms. The molecular weight excluding hydrogens is 344 g/mol. The van der Waals surface area contributed by atoms with Crippen LogP contribution in [0.1, 0.15) is 19.4 Å². The maximum Gasteiger partial charge on any atom is 0.413 e. The summed E-state index contributed by atoms with van der Waals surface area (Å²) in [6.07, 6.45) is 3.86. The minimum atomic E-state index is -0.611. The summed E-state index contributed by atoms with van der Waals surface area (Å²) in [4.78, 5) is 31.6. The monoisotopic (exact) mass is 367 g/mol. The summed E-state index contributed by atoms with van der Waals surface area (Å²) >= 11 is 0. The van der Waals surface area contributed by atoms with Gasteiger partial charge in [0.15, 0.2) is 0 Å². The van der Waals surface area contributed by atoms with E-state index in [0.717, 1.165) is 16.2 Å². The maximum absolute atomic E-state index is 12.5. The molecule has 0 spiro atoms. The summed E-state index contributed by atoms with van der Waals surface area (Å²) in [5.41, 5.74) is 4.76. The lowest BCUT2D eigenvalue weighted by molar-refractivity contribution is -0.533. The van der Waals surface area contributed by atoms with Crippen LogP contribution in [0.2, 0.25) is 0 Å². The third-order valence-corrected chi connectivity index (χ3v) is 4.52.